The topological polar surface area (TPSA) is 30.8 Å². The second kappa shape index (κ2) is 5.13. The lowest BCUT2D eigenvalue weighted by Gasteiger charge is -2.20. The molecule has 1 aliphatic heterocycles. The maximum atomic E-state index is 5.21. The van der Waals surface area contributed by atoms with Crippen LogP contribution >= 0.6 is 0 Å². The second-order valence-electron chi connectivity index (χ2n) is 2.72. The van der Waals surface area contributed by atoms with Crippen LogP contribution < -0.4 is 0 Å². The van der Waals surface area contributed by atoms with Gasteiger partial charge in [-0.15, -0.1) is 0 Å². The summed E-state index contributed by atoms with van der Waals surface area (Å²) in [5, 5.41) is 3.70. The summed E-state index contributed by atoms with van der Waals surface area (Å²) >= 11 is 0. The number of ether oxygens (including phenoxy) is 1. The van der Waals surface area contributed by atoms with Gasteiger partial charge in [-0.3, -0.25) is 0 Å². The van der Waals surface area contributed by atoms with Crippen molar-refractivity contribution in [1.82, 2.24) is 0 Å². The van der Waals surface area contributed by atoms with Gasteiger partial charge in [0.05, 0.1) is 0 Å². The Hall–Kier alpha value is -0.570. The van der Waals surface area contributed by atoms with Crippen LogP contribution in [0.1, 0.15) is 19.8 Å². The summed E-state index contributed by atoms with van der Waals surface area (Å²) < 4.78 is 5.21. The predicted octanol–water partition coefficient (Wildman–Crippen LogP) is 1.44. The number of rotatable bonds is 3. The van der Waals surface area contributed by atoms with Gasteiger partial charge in [0.15, 0.2) is 0 Å². The first-order valence-electron chi connectivity index (χ1n) is 4.11. The molecule has 1 aliphatic rings. The van der Waals surface area contributed by atoms with Crippen LogP contribution in [0.3, 0.4) is 0 Å². The number of nitrogens with zero attached hydrogens (tertiary/aromatic N) is 1. The van der Waals surface area contributed by atoms with Crippen molar-refractivity contribution in [1.29, 1.82) is 0 Å². The van der Waals surface area contributed by atoms with Gasteiger partial charge in [-0.2, -0.15) is 0 Å². The Balaban J connectivity index is 2.04. The second-order valence-corrected chi connectivity index (χ2v) is 2.72. The van der Waals surface area contributed by atoms with Crippen molar-refractivity contribution in [2.45, 2.75) is 19.8 Å². The molecule has 0 bridgehead atoms. The fourth-order valence-electron chi connectivity index (χ4n) is 1.14. The van der Waals surface area contributed by atoms with E-state index < -0.39 is 0 Å². The summed E-state index contributed by atoms with van der Waals surface area (Å²) in [5.74, 6) is 0.646. The van der Waals surface area contributed by atoms with E-state index in [0.29, 0.717) is 5.92 Å². The fraction of sp³-hybridized carbons (Fsp3) is 0.875. The van der Waals surface area contributed by atoms with Crippen LogP contribution in [0.15, 0.2) is 5.16 Å². The Labute approximate surface area is 67.4 Å². The third-order valence-electron chi connectivity index (χ3n) is 1.83. The van der Waals surface area contributed by atoms with E-state index in [1.54, 1.807) is 6.21 Å². The zero-order valence-electron chi connectivity index (χ0n) is 6.95. The average Bonchev–Trinajstić information content (AvgIpc) is 2.07. The zero-order chi connectivity index (χ0) is 7.94. The van der Waals surface area contributed by atoms with Crippen molar-refractivity contribution in [2.24, 2.45) is 11.1 Å². The molecule has 1 fully saturated rings. The predicted molar refractivity (Wildman–Crippen MR) is 43.7 cm³/mol. The van der Waals surface area contributed by atoms with Gasteiger partial charge in [-0.05, 0) is 19.8 Å². The number of hydrogen-bond acceptors (Lipinski definition) is 3. The average molecular weight is 157 g/mol. The minimum Gasteiger partial charge on any atom is -0.396 e. The van der Waals surface area contributed by atoms with Gasteiger partial charge in [-0.1, -0.05) is 5.16 Å². The maximum absolute atomic E-state index is 5.21. The fourth-order valence-corrected chi connectivity index (χ4v) is 1.14. The van der Waals surface area contributed by atoms with Crippen molar-refractivity contribution in [3.8, 4) is 0 Å². The van der Waals surface area contributed by atoms with Crippen LogP contribution in [-0.2, 0) is 9.57 Å². The molecule has 64 valence electrons. The summed E-state index contributed by atoms with van der Waals surface area (Å²) in [5.41, 5.74) is 0. The monoisotopic (exact) mass is 157 g/mol. The van der Waals surface area contributed by atoms with Crippen molar-refractivity contribution in [3.05, 3.63) is 0 Å². The van der Waals surface area contributed by atoms with Gasteiger partial charge in [0.1, 0.15) is 6.61 Å². The summed E-state index contributed by atoms with van der Waals surface area (Å²) in [7, 11) is 0. The molecule has 0 amide bonds. The van der Waals surface area contributed by atoms with Gasteiger partial charge < -0.3 is 9.57 Å². The zero-order valence-corrected chi connectivity index (χ0v) is 6.95. The highest BCUT2D eigenvalue weighted by molar-refractivity contribution is 5.52. The SMILES string of the molecule is CC=NOCC1CCOCC1. The molecular weight excluding hydrogens is 142 g/mol. The summed E-state index contributed by atoms with van der Waals surface area (Å²) in [6.45, 7) is 4.35. The molecule has 0 N–H and O–H groups in total. The Morgan fingerprint density at radius 2 is 2.27 bits per heavy atom. The van der Waals surface area contributed by atoms with Gasteiger partial charge in [0.25, 0.3) is 0 Å². The Bertz CT molecular complexity index is 119. The van der Waals surface area contributed by atoms with Crippen molar-refractivity contribution in [2.75, 3.05) is 19.8 Å². The molecule has 0 unspecified atom stereocenters. The molecule has 3 nitrogen and oxygen atoms in total. The quantitative estimate of drug-likeness (QED) is 0.458. The first-order valence-corrected chi connectivity index (χ1v) is 4.11. The molecule has 0 aromatic heterocycles. The van der Waals surface area contributed by atoms with Crippen LogP contribution in [0.4, 0.5) is 0 Å². The number of hydrogen-bond donors (Lipinski definition) is 0. The largest absolute Gasteiger partial charge is 0.396 e. The minimum absolute atomic E-state index is 0.646. The Morgan fingerprint density at radius 3 is 2.91 bits per heavy atom. The van der Waals surface area contributed by atoms with Gasteiger partial charge >= 0.3 is 0 Å². The van der Waals surface area contributed by atoms with E-state index >= 15 is 0 Å². The molecule has 0 atom stereocenters. The van der Waals surface area contributed by atoms with Crippen LogP contribution in [0.25, 0.3) is 0 Å². The van der Waals surface area contributed by atoms with Crippen LogP contribution in [0, 0.1) is 5.92 Å². The van der Waals surface area contributed by atoms with Crippen LogP contribution in [0.5, 0.6) is 0 Å². The molecule has 0 spiro atoms. The highest BCUT2D eigenvalue weighted by atomic mass is 16.6. The molecule has 3 heteroatoms. The van der Waals surface area contributed by atoms with Crippen LogP contribution in [0.2, 0.25) is 0 Å². The van der Waals surface area contributed by atoms with Crippen molar-refractivity contribution >= 4 is 6.21 Å². The highest BCUT2D eigenvalue weighted by Gasteiger charge is 2.13. The molecule has 1 saturated heterocycles. The minimum atomic E-state index is 0.646. The summed E-state index contributed by atoms with van der Waals surface area (Å²) in [6, 6.07) is 0. The smallest absolute Gasteiger partial charge is 0.120 e. The van der Waals surface area contributed by atoms with Crippen molar-refractivity contribution < 1.29 is 9.57 Å². The maximum Gasteiger partial charge on any atom is 0.120 e. The third-order valence-corrected chi connectivity index (χ3v) is 1.83. The molecule has 0 aromatic carbocycles. The lowest BCUT2D eigenvalue weighted by atomic mass is 10.0. The van der Waals surface area contributed by atoms with Crippen molar-refractivity contribution in [3.63, 3.8) is 0 Å². The van der Waals surface area contributed by atoms with Gasteiger partial charge in [0, 0.05) is 25.3 Å². The molecule has 0 saturated carbocycles. The standard InChI is InChI=1S/C8H15NO2/c1-2-9-11-7-8-3-5-10-6-4-8/h2,8H,3-7H2,1H3. The molecule has 0 aliphatic carbocycles. The molecule has 1 rings (SSSR count). The highest BCUT2D eigenvalue weighted by Crippen LogP contribution is 2.14. The summed E-state index contributed by atoms with van der Waals surface area (Å²) in [4.78, 5) is 5.04. The van der Waals surface area contributed by atoms with Gasteiger partial charge in [-0.25, -0.2) is 0 Å². The van der Waals surface area contributed by atoms with E-state index in [9.17, 15) is 0 Å². The molecule has 1 heterocycles. The molecule has 0 aromatic rings. The number of oxime groups is 1. The van der Waals surface area contributed by atoms with Gasteiger partial charge in [0.2, 0.25) is 0 Å². The van der Waals surface area contributed by atoms with E-state index in [4.69, 9.17) is 9.57 Å². The van der Waals surface area contributed by atoms with E-state index in [0.717, 1.165) is 32.7 Å². The Morgan fingerprint density at radius 1 is 1.55 bits per heavy atom. The summed E-state index contributed by atoms with van der Waals surface area (Å²) in [6.07, 6.45) is 3.89. The lowest BCUT2D eigenvalue weighted by Crippen LogP contribution is -2.19. The first-order chi connectivity index (χ1) is 5.43. The van der Waals surface area contributed by atoms with Crippen LogP contribution in [-0.4, -0.2) is 26.0 Å². The van der Waals surface area contributed by atoms with E-state index in [-0.39, 0.29) is 0 Å². The van der Waals surface area contributed by atoms with E-state index in [1.165, 1.54) is 0 Å². The normalized spacial score (nSPS) is 20.8. The first kappa shape index (κ1) is 8.53. The molecule has 0 radical (unpaired) electrons. The Kier molecular flexibility index (Phi) is 3.98. The lowest BCUT2D eigenvalue weighted by molar-refractivity contribution is 0.0227. The third kappa shape index (κ3) is 3.37. The molecule has 11 heavy (non-hydrogen) atoms. The van der Waals surface area contributed by atoms with E-state index in [2.05, 4.69) is 5.16 Å². The molecular formula is C8H15NO2. The van der Waals surface area contributed by atoms with E-state index in [1.807, 2.05) is 6.92 Å².